The molecule has 2 aromatic heterocycles. The van der Waals surface area contributed by atoms with Crippen molar-refractivity contribution in [2.75, 3.05) is 0 Å². The van der Waals surface area contributed by atoms with Gasteiger partial charge in [-0.2, -0.15) is 0 Å². The van der Waals surface area contributed by atoms with Gasteiger partial charge in [0, 0.05) is 5.56 Å². The monoisotopic (exact) mass is 319 g/mol. The maximum Gasteiger partial charge on any atom is 0.155 e. The van der Waals surface area contributed by atoms with Crippen molar-refractivity contribution >= 4 is 11.0 Å². The highest BCUT2D eigenvalue weighted by Gasteiger charge is 2.16. The zero-order valence-electron chi connectivity index (χ0n) is 13.8. The number of fused-ring (bicyclic) bond motifs is 1. The summed E-state index contributed by atoms with van der Waals surface area (Å²) in [6.07, 6.45) is 0. The second-order valence-corrected chi connectivity index (χ2v) is 5.81. The summed E-state index contributed by atoms with van der Waals surface area (Å²) in [5.41, 5.74) is 4.58. The van der Waals surface area contributed by atoms with Crippen molar-refractivity contribution in [3.05, 3.63) is 59.7 Å². The smallest absolute Gasteiger partial charge is 0.155 e. The van der Waals surface area contributed by atoms with Gasteiger partial charge in [-0.3, -0.25) is 0 Å². The van der Waals surface area contributed by atoms with E-state index in [1.54, 1.807) is 0 Å². The van der Waals surface area contributed by atoms with E-state index in [4.69, 9.17) is 9.26 Å². The highest BCUT2D eigenvalue weighted by molar-refractivity contribution is 5.88. The third-order valence-corrected chi connectivity index (χ3v) is 3.96. The first-order valence-electron chi connectivity index (χ1n) is 7.78. The first kappa shape index (κ1) is 14.5. The minimum absolute atomic E-state index is 0.707. The van der Waals surface area contributed by atoms with Crippen molar-refractivity contribution in [3.63, 3.8) is 0 Å². The molecule has 2 heterocycles. The van der Waals surface area contributed by atoms with E-state index in [0.717, 1.165) is 45.2 Å². The van der Waals surface area contributed by atoms with Crippen LogP contribution in [0.2, 0.25) is 0 Å². The standard InChI is InChI=1S/C19H17N3O2/c1-11-18(12(2)24-22-11)14-9-16-19(21-13(3)20-16)17(10-14)23-15-7-5-4-6-8-15/h4-10H,1-3H3,(H,20,21). The number of aromatic nitrogens is 3. The first-order valence-corrected chi connectivity index (χ1v) is 7.78. The Kier molecular flexibility index (Phi) is 3.34. The number of imidazole rings is 1. The van der Waals surface area contributed by atoms with Crippen LogP contribution in [0.5, 0.6) is 11.5 Å². The summed E-state index contributed by atoms with van der Waals surface area (Å²) in [5, 5.41) is 4.05. The summed E-state index contributed by atoms with van der Waals surface area (Å²) >= 11 is 0. The normalized spacial score (nSPS) is 11.1. The lowest BCUT2D eigenvalue weighted by molar-refractivity contribution is 0.393. The van der Waals surface area contributed by atoms with Gasteiger partial charge in [-0.25, -0.2) is 4.98 Å². The molecule has 0 bridgehead atoms. The molecule has 1 N–H and O–H groups in total. The van der Waals surface area contributed by atoms with E-state index in [1.165, 1.54) is 0 Å². The van der Waals surface area contributed by atoms with Crippen LogP contribution >= 0.6 is 0 Å². The number of rotatable bonds is 3. The van der Waals surface area contributed by atoms with Crippen molar-refractivity contribution in [2.45, 2.75) is 20.8 Å². The first-order chi connectivity index (χ1) is 11.6. The molecule has 0 atom stereocenters. The average Bonchev–Trinajstić information content (AvgIpc) is 3.10. The van der Waals surface area contributed by atoms with E-state index in [9.17, 15) is 0 Å². The highest BCUT2D eigenvalue weighted by Crippen LogP contribution is 2.36. The molecule has 2 aromatic carbocycles. The fourth-order valence-corrected chi connectivity index (χ4v) is 2.94. The van der Waals surface area contributed by atoms with Crippen LogP contribution in [-0.2, 0) is 0 Å². The van der Waals surface area contributed by atoms with Gasteiger partial charge in [-0.15, -0.1) is 0 Å². The number of aromatic amines is 1. The maximum atomic E-state index is 6.09. The third-order valence-electron chi connectivity index (χ3n) is 3.96. The van der Waals surface area contributed by atoms with E-state index in [0.29, 0.717) is 5.75 Å². The van der Waals surface area contributed by atoms with Crippen molar-refractivity contribution < 1.29 is 9.26 Å². The zero-order valence-corrected chi connectivity index (χ0v) is 13.8. The van der Waals surface area contributed by atoms with Crippen molar-refractivity contribution in [3.8, 4) is 22.6 Å². The topological polar surface area (TPSA) is 63.9 Å². The molecule has 5 heteroatoms. The molecule has 0 aliphatic carbocycles. The Morgan fingerprint density at radius 3 is 2.54 bits per heavy atom. The molecule has 4 aromatic rings. The van der Waals surface area contributed by atoms with Crippen LogP contribution in [0.25, 0.3) is 22.2 Å². The Morgan fingerprint density at radius 1 is 1.04 bits per heavy atom. The molecule has 0 amide bonds. The molecular formula is C19H17N3O2. The minimum Gasteiger partial charge on any atom is -0.455 e. The van der Waals surface area contributed by atoms with Crippen molar-refractivity contribution in [2.24, 2.45) is 0 Å². The number of hydrogen-bond acceptors (Lipinski definition) is 4. The van der Waals surface area contributed by atoms with Gasteiger partial charge in [0.15, 0.2) is 5.75 Å². The van der Waals surface area contributed by atoms with Crippen LogP contribution < -0.4 is 4.74 Å². The van der Waals surface area contributed by atoms with E-state index >= 15 is 0 Å². The van der Waals surface area contributed by atoms with Crippen LogP contribution in [0.15, 0.2) is 47.0 Å². The number of nitrogens with one attached hydrogen (secondary N) is 1. The Hall–Kier alpha value is -3.08. The molecule has 0 saturated heterocycles. The molecule has 0 unspecified atom stereocenters. The molecule has 4 rings (SSSR count). The summed E-state index contributed by atoms with van der Waals surface area (Å²) in [6.45, 7) is 5.78. The second kappa shape index (κ2) is 5.53. The van der Waals surface area contributed by atoms with Gasteiger partial charge in [-0.1, -0.05) is 23.4 Å². The molecule has 24 heavy (non-hydrogen) atoms. The molecular weight excluding hydrogens is 302 g/mol. The van der Waals surface area contributed by atoms with Crippen LogP contribution in [0, 0.1) is 20.8 Å². The van der Waals surface area contributed by atoms with Gasteiger partial charge >= 0.3 is 0 Å². The Balaban J connectivity index is 1.91. The summed E-state index contributed by atoms with van der Waals surface area (Å²) in [5.74, 6) is 3.11. The number of para-hydroxylation sites is 1. The summed E-state index contributed by atoms with van der Waals surface area (Å²) in [4.78, 5) is 7.84. The summed E-state index contributed by atoms with van der Waals surface area (Å²) in [6, 6.07) is 13.7. The lowest BCUT2D eigenvalue weighted by Gasteiger charge is -2.09. The van der Waals surface area contributed by atoms with Gasteiger partial charge in [0.05, 0.1) is 11.2 Å². The van der Waals surface area contributed by atoms with Gasteiger partial charge in [0.1, 0.15) is 22.9 Å². The minimum atomic E-state index is 0.707. The van der Waals surface area contributed by atoms with Gasteiger partial charge in [0.2, 0.25) is 0 Å². The van der Waals surface area contributed by atoms with E-state index in [-0.39, 0.29) is 0 Å². The predicted octanol–water partition coefficient (Wildman–Crippen LogP) is 4.94. The molecule has 0 spiro atoms. The molecule has 0 aliphatic heterocycles. The molecule has 0 radical (unpaired) electrons. The molecule has 0 fully saturated rings. The molecule has 0 aliphatic rings. The number of aryl methyl sites for hydroxylation is 3. The van der Waals surface area contributed by atoms with Gasteiger partial charge in [0.25, 0.3) is 0 Å². The van der Waals surface area contributed by atoms with Gasteiger partial charge in [-0.05, 0) is 50.6 Å². The third kappa shape index (κ3) is 2.44. The number of hydrogen-bond donors (Lipinski definition) is 1. The second-order valence-electron chi connectivity index (χ2n) is 5.81. The predicted molar refractivity (Wildman–Crippen MR) is 92.3 cm³/mol. The van der Waals surface area contributed by atoms with Crippen molar-refractivity contribution in [1.29, 1.82) is 0 Å². The maximum absolute atomic E-state index is 6.09. The Bertz CT molecular complexity index is 996. The van der Waals surface area contributed by atoms with E-state index < -0.39 is 0 Å². The zero-order chi connectivity index (χ0) is 16.7. The Morgan fingerprint density at radius 2 is 1.83 bits per heavy atom. The molecule has 5 nitrogen and oxygen atoms in total. The van der Waals surface area contributed by atoms with E-state index in [2.05, 4.69) is 21.2 Å². The fraction of sp³-hybridized carbons (Fsp3) is 0.158. The summed E-state index contributed by atoms with van der Waals surface area (Å²) < 4.78 is 11.4. The van der Waals surface area contributed by atoms with Crippen LogP contribution in [0.1, 0.15) is 17.3 Å². The lowest BCUT2D eigenvalue weighted by Crippen LogP contribution is -1.89. The Labute approximate surface area is 139 Å². The van der Waals surface area contributed by atoms with Crippen molar-refractivity contribution in [1.82, 2.24) is 15.1 Å². The largest absolute Gasteiger partial charge is 0.455 e. The fourth-order valence-electron chi connectivity index (χ4n) is 2.94. The number of benzene rings is 2. The number of ether oxygens (including phenoxy) is 1. The van der Waals surface area contributed by atoms with Crippen LogP contribution in [-0.4, -0.2) is 15.1 Å². The number of H-pyrrole nitrogens is 1. The van der Waals surface area contributed by atoms with E-state index in [1.807, 2.05) is 57.2 Å². The highest BCUT2D eigenvalue weighted by atomic mass is 16.5. The quantitative estimate of drug-likeness (QED) is 0.581. The average molecular weight is 319 g/mol. The SMILES string of the molecule is Cc1nc2c(Oc3ccccc3)cc(-c3c(C)noc3C)cc2[nH]1. The molecule has 120 valence electrons. The lowest BCUT2D eigenvalue weighted by atomic mass is 10.0. The summed E-state index contributed by atoms with van der Waals surface area (Å²) in [7, 11) is 0. The molecule has 0 saturated carbocycles. The number of nitrogens with zero attached hydrogens (tertiary/aromatic N) is 2. The van der Waals surface area contributed by atoms with Crippen LogP contribution in [0.3, 0.4) is 0 Å². The van der Waals surface area contributed by atoms with Gasteiger partial charge < -0.3 is 14.2 Å². The van der Waals surface area contributed by atoms with Crippen LogP contribution in [0.4, 0.5) is 0 Å².